The predicted octanol–water partition coefficient (Wildman–Crippen LogP) is 1.67. The second-order valence-corrected chi connectivity index (χ2v) is 9.46. The van der Waals surface area contributed by atoms with Gasteiger partial charge in [-0.25, -0.2) is 4.39 Å². The minimum Gasteiger partial charge on any atom is -0.388 e. The fourth-order valence-electron chi connectivity index (χ4n) is 7.23. The van der Waals surface area contributed by atoms with Gasteiger partial charge in [0.25, 0.3) is 0 Å². The number of carbonyl (C=O) groups is 2. The Labute approximate surface area is 157 Å². The highest BCUT2D eigenvalue weighted by Crippen LogP contribution is 2.76. The molecule has 1 heterocycles. The van der Waals surface area contributed by atoms with Gasteiger partial charge >= 0.3 is 0 Å². The van der Waals surface area contributed by atoms with Gasteiger partial charge in [-0.2, -0.15) is 0 Å². The lowest BCUT2D eigenvalue weighted by Crippen LogP contribution is -2.62. The van der Waals surface area contributed by atoms with Crippen LogP contribution in [0.15, 0.2) is 23.8 Å². The van der Waals surface area contributed by atoms with E-state index < -0.39 is 40.6 Å². The topological polar surface area (TPSA) is 87.1 Å². The first kappa shape index (κ1) is 17.7. The quantitative estimate of drug-likeness (QED) is 0.716. The molecule has 27 heavy (non-hydrogen) atoms. The van der Waals surface area contributed by atoms with E-state index in [0.717, 1.165) is 0 Å². The van der Waals surface area contributed by atoms with Gasteiger partial charge in [0.2, 0.25) is 0 Å². The average molecular weight is 376 g/mol. The van der Waals surface area contributed by atoms with Crippen LogP contribution in [0.4, 0.5) is 4.39 Å². The van der Waals surface area contributed by atoms with Crippen LogP contribution in [0.3, 0.4) is 0 Å². The Kier molecular flexibility index (Phi) is 3.26. The summed E-state index contributed by atoms with van der Waals surface area (Å²) >= 11 is 0. The van der Waals surface area contributed by atoms with Crippen LogP contribution in [0, 0.1) is 22.7 Å². The first-order valence-electron chi connectivity index (χ1n) is 9.78. The number of Topliss-reactive ketones (excluding diaryl/α,β-unsaturated/α-hetero) is 1. The van der Waals surface area contributed by atoms with Crippen LogP contribution in [0.1, 0.15) is 39.5 Å². The minimum absolute atomic E-state index is 0.0700. The van der Waals surface area contributed by atoms with Crippen molar-refractivity contribution in [2.24, 2.45) is 22.7 Å². The molecule has 0 aromatic rings. The van der Waals surface area contributed by atoms with Crippen LogP contribution in [0.5, 0.6) is 0 Å². The number of epoxide rings is 1. The van der Waals surface area contributed by atoms with Gasteiger partial charge in [0.15, 0.2) is 11.6 Å². The number of ketones is 2. The Morgan fingerprint density at radius 2 is 2.11 bits per heavy atom. The van der Waals surface area contributed by atoms with E-state index in [1.54, 1.807) is 6.08 Å². The van der Waals surface area contributed by atoms with Crippen molar-refractivity contribution in [2.75, 3.05) is 6.61 Å². The van der Waals surface area contributed by atoms with Gasteiger partial charge in [-0.3, -0.25) is 9.59 Å². The number of aliphatic hydroxyl groups excluding tert-OH is 1. The highest BCUT2D eigenvalue weighted by Gasteiger charge is 2.82. The van der Waals surface area contributed by atoms with E-state index in [-0.39, 0.29) is 36.6 Å². The fraction of sp³-hybridized carbons (Fsp3) is 0.714. The van der Waals surface area contributed by atoms with E-state index in [1.165, 1.54) is 12.2 Å². The Morgan fingerprint density at radius 1 is 1.37 bits per heavy atom. The molecular weight excluding hydrogens is 351 g/mol. The molecule has 5 rings (SSSR count). The largest absolute Gasteiger partial charge is 0.388 e. The Morgan fingerprint density at radius 3 is 2.81 bits per heavy atom. The number of rotatable bonds is 2. The van der Waals surface area contributed by atoms with E-state index in [0.29, 0.717) is 18.4 Å². The molecule has 4 aliphatic carbocycles. The standard InChI is InChI=1S/C21H25FO5/c1-18-5-3-11(24)7-14(18)15(22)8-13-12-4-6-20(26,16(25)10-23)19(12,2)9-17-21(13,18)27-17/h3,5,7,12-13,15,17,23,26H,4,6,8-10H2,1-2H3/t12-,13-,15+,17-,18-,19-,20-,21+/m0/s1. The summed E-state index contributed by atoms with van der Waals surface area (Å²) in [5.74, 6) is -0.957. The molecule has 5 aliphatic rings. The first-order chi connectivity index (χ1) is 12.6. The van der Waals surface area contributed by atoms with Crippen molar-refractivity contribution in [1.82, 2.24) is 0 Å². The molecule has 146 valence electrons. The number of hydrogen-bond acceptors (Lipinski definition) is 5. The van der Waals surface area contributed by atoms with Gasteiger partial charge in [-0.15, -0.1) is 0 Å². The third-order valence-corrected chi connectivity index (χ3v) is 8.68. The molecule has 6 heteroatoms. The van der Waals surface area contributed by atoms with Crippen LogP contribution in [0.25, 0.3) is 0 Å². The summed E-state index contributed by atoms with van der Waals surface area (Å²) < 4.78 is 21.5. The molecule has 8 atom stereocenters. The second kappa shape index (κ2) is 4.97. The van der Waals surface area contributed by atoms with E-state index in [9.17, 15) is 19.8 Å². The zero-order valence-corrected chi connectivity index (χ0v) is 15.6. The number of hydrogen-bond donors (Lipinski definition) is 2. The lowest BCUT2D eigenvalue weighted by molar-refractivity contribution is -0.160. The van der Waals surface area contributed by atoms with Gasteiger partial charge in [0, 0.05) is 10.8 Å². The smallest absolute Gasteiger partial charge is 0.190 e. The molecule has 2 N–H and O–H groups in total. The van der Waals surface area contributed by atoms with Crippen LogP contribution < -0.4 is 0 Å². The van der Waals surface area contributed by atoms with E-state index in [2.05, 4.69) is 0 Å². The van der Waals surface area contributed by atoms with Gasteiger partial charge in [-0.05, 0) is 62.2 Å². The van der Waals surface area contributed by atoms with Gasteiger partial charge < -0.3 is 14.9 Å². The number of halogens is 1. The van der Waals surface area contributed by atoms with Crippen molar-refractivity contribution in [1.29, 1.82) is 0 Å². The summed E-state index contributed by atoms with van der Waals surface area (Å²) in [5.41, 5.74) is -3.09. The molecule has 0 aromatic carbocycles. The van der Waals surface area contributed by atoms with Crippen molar-refractivity contribution in [3.05, 3.63) is 23.8 Å². The molecule has 1 saturated heterocycles. The summed E-state index contributed by atoms with van der Waals surface area (Å²) in [4.78, 5) is 24.2. The Bertz CT molecular complexity index is 819. The van der Waals surface area contributed by atoms with E-state index >= 15 is 4.39 Å². The Hall–Kier alpha value is -1.37. The zero-order chi connectivity index (χ0) is 19.4. The SMILES string of the molecule is C[C@]12C=CC(=O)C=C1[C@H](F)C[C@H]1[C@@H]3CC[C@](O)(C(=O)CO)[C@@]3(C)C[C@@H]3O[C@@]312. The number of fused-ring (bicyclic) bond motifs is 3. The molecule has 0 amide bonds. The molecule has 0 radical (unpaired) electrons. The highest BCUT2D eigenvalue weighted by atomic mass is 19.1. The first-order valence-corrected chi connectivity index (χ1v) is 9.78. The van der Waals surface area contributed by atoms with Crippen LogP contribution in [0.2, 0.25) is 0 Å². The molecular formula is C21H25FO5. The number of aliphatic hydroxyl groups is 2. The van der Waals surface area contributed by atoms with Crippen molar-refractivity contribution in [3.8, 4) is 0 Å². The van der Waals surface area contributed by atoms with Gasteiger partial charge in [0.1, 0.15) is 24.0 Å². The summed E-state index contributed by atoms with van der Waals surface area (Å²) in [6, 6.07) is 0. The third kappa shape index (κ3) is 1.76. The molecule has 0 bridgehead atoms. The van der Waals surface area contributed by atoms with Gasteiger partial charge in [0.05, 0.1) is 6.10 Å². The number of ether oxygens (including phenoxy) is 1. The maximum absolute atomic E-state index is 15.2. The molecule has 5 nitrogen and oxygen atoms in total. The normalized spacial score (nSPS) is 55.1. The van der Waals surface area contributed by atoms with Crippen molar-refractivity contribution < 1.29 is 28.9 Å². The van der Waals surface area contributed by atoms with E-state index in [4.69, 9.17) is 4.74 Å². The molecule has 0 aromatic heterocycles. The molecule has 4 fully saturated rings. The summed E-state index contributed by atoms with van der Waals surface area (Å²) in [7, 11) is 0. The maximum Gasteiger partial charge on any atom is 0.190 e. The predicted molar refractivity (Wildman–Crippen MR) is 93.4 cm³/mol. The molecule has 1 spiro atoms. The summed E-state index contributed by atoms with van der Waals surface area (Å²) in [6.07, 6.45) is 4.91. The van der Waals surface area contributed by atoms with Crippen LogP contribution in [-0.4, -0.2) is 51.9 Å². The van der Waals surface area contributed by atoms with Crippen molar-refractivity contribution >= 4 is 11.6 Å². The monoisotopic (exact) mass is 376 g/mol. The van der Waals surface area contributed by atoms with Crippen molar-refractivity contribution in [3.63, 3.8) is 0 Å². The third-order valence-electron chi connectivity index (χ3n) is 8.68. The van der Waals surface area contributed by atoms with Gasteiger partial charge in [-0.1, -0.05) is 13.0 Å². The van der Waals surface area contributed by atoms with Crippen LogP contribution in [-0.2, 0) is 14.3 Å². The zero-order valence-electron chi connectivity index (χ0n) is 15.6. The average Bonchev–Trinajstić information content (AvgIpc) is 3.29. The highest BCUT2D eigenvalue weighted by molar-refractivity contribution is 6.01. The molecule has 3 saturated carbocycles. The number of carbonyl (C=O) groups excluding carboxylic acids is 2. The lowest BCUT2D eigenvalue weighted by Gasteiger charge is -2.56. The summed E-state index contributed by atoms with van der Waals surface area (Å²) in [5, 5.41) is 20.6. The van der Waals surface area contributed by atoms with Crippen molar-refractivity contribution in [2.45, 2.75) is 63.0 Å². The molecule has 0 unspecified atom stereocenters. The summed E-state index contributed by atoms with van der Waals surface area (Å²) in [6.45, 7) is 3.15. The lowest BCUT2D eigenvalue weighted by atomic mass is 9.46. The second-order valence-electron chi connectivity index (χ2n) is 9.46. The Balaban J connectivity index is 1.61. The maximum atomic E-state index is 15.2. The minimum atomic E-state index is -1.59. The van der Waals surface area contributed by atoms with E-state index in [1.807, 2.05) is 13.8 Å². The number of allylic oxidation sites excluding steroid dienone is 2. The molecule has 1 aliphatic heterocycles. The number of alkyl halides is 1. The van der Waals surface area contributed by atoms with Crippen LogP contribution >= 0.6 is 0 Å². The fourth-order valence-corrected chi connectivity index (χ4v) is 7.23.